The lowest BCUT2D eigenvalue weighted by atomic mass is 10.0. The summed E-state index contributed by atoms with van der Waals surface area (Å²) >= 11 is 0. The van der Waals surface area contributed by atoms with Crippen molar-refractivity contribution in [1.82, 2.24) is 10.3 Å². The fourth-order valence-electron chi connectivity index (χ4n) is 3.01. The van der Waals surface area contributed by atoms with E-state index in [-0.39, 0.29) is 6.04 Å². The zero-order chi connectivity index (χ0) is 19.8. The predicted molar refractivity (Wildman–Crippen MR) is 112 cm³/mol. The van der Waals surface area contributed by atoms with Gasteiger partial charge in [0.1, 0.15) is 12.4 Å². The molecule has 146 valence electrons. The Labute approximate surface area is 166 Å². The maximum atomic E-state index is 5.55. The summed E-state index contributed by atoms with van der Waals surface area (Å²) in [5.41, 5.74) is 9.91. The van der Waals surface area contributed by atoms with E-state index in [1.54, 1.807) is 13.3 Å². The van der Waals surface area contributed by atoms with Gasteiger partial charge in [0.25, 0.3) is 0 Å². The van der Waals surface area contributed by atoms with E-state index in [1.165, 1.54) is 11.1 Å². The van der Waals surface area contributed by atoms with E-state index in [1.807, 2.05) is 24.3 Å². The molecule has 0 radical (unpaired) electrons. The van der Waals surface area contributed by atoms with E-state index in [2.05, 4.69) is 53.6 Å². The van der Waals surface area contributed by atoms with E-state index in [9.17, 15) is 0 Å². The van der Waals surface area contributed by atoms with Gasteiger partial charge in [-0.25, -0.2) is 4.98 Å². The Morgan fingerprint density at radius 2 is 1.89 bits per heavy atom. The number of nitrogens with zero attached hydrogens (tertiary/aromatic N) is 1. The smallest absolute Gasteiger partial charge is 0.213 e. The SMILES string of the molecule is COc1ccc(CNC(C)c2ccccc2)cc1-c1ccc(OCCN)nc1. The molecular formula is C23H27N3O2. The number of hydrogen-bond acceptors (Lipinski definition) is 5. The third kappa shape index (κ3) is 5.09. The normalized spacial score (nSPS) is 11.8. The van der Waals surface area contributed by atoms with Gasteiger partial charge in [-0.05, 0) is 36.2 Å². The molecule has 0 aliphatic rings. The van der Waals surface area contributed by atoms with Crippen molar-refractivity contribution in [3.8, 4) is 22.8 Å². The molecule has 0 aliphatic heterocycles. The van der Waals surface area contributed by atoms with E-state index in [4.69, 9.17) is 15.2 Å². The van der Waals surface area contributed by atoms with Crippen molar-refractivity contribution in [2.75, 3.05) is 20.3 Å². The molecule has 1 heterocycles. The molecule has 0 bridgehead atoms. The van der Waals surface area contributed by atoms with Crippen molar-refractivity contribution in [3.05, 3.63) is 78.0 Å². The zero-order valence-electron chi connectivity index (χ0n) is 16.4. The Morgan fingerprint density at radius 1 is 1.07 bits per heavy atom. The highest BCUT2D eigenvalue weighted by atomic mass is 16.5. The maximum absolute atomic E-state index is 5.55. The summed E-state index contributed by atoms with van der Waals surface area (Å²) in [5.74, 6) is 1.39. The van der Waals surface area contributed by atoms with Crippen LogP contribution < -0.4 is 20.5 Å². The first-order chi connectivity index (χ1) is 13.7. The first-order valence-electron chi connectivity index (χ1n) is 9.46. The zero-order valence-corrected chi connectivity index (χ0v) is 16.4. The van der Waals surface area contributed by atoms with Crippen LogP contribution in [0.3, 0.4) is 0 Å². The monoisotopic (exact) mass is 377 g/mol. The largest absolute Gasteiger partial charge is 0.496 e. The Bertz CT molecular complexity index is 867. The van der Waals surface area contributed by atoms with E-state index >= 15 is 0 Å². The van der Waals surface area contributed by atoms with Crippen LogP contribution in [0.4, 0.5) is 0 Å². The summed E-state index contributed by atoms with van der Waals surface area (Å²) < 4.78 is 11.0. The van der Waals surface area contributed by atoms with Crippen molar-refractivity contribution in [1.29, 1.82) is 0 Å². The van der Waals surface area contributed by atoms with Gasteiger partial charge in [0, 0.05) is 42.5 Å². The predicted octanol–water partition coefficient (Wildman–Crippen LogP) is 3.95. The number of nitrogens with one attached hydrogen (secondary N) is 1. The lowest BCUT2D eigenvalue weighted by Crippen LogP contribution is -2.18. The topological polar surface area (TPSA) is 69.4 Å². The van der Waals surface area contributed by atoms with Crippen LogP contribution in [0.25, 0.3) is 11.1 Å². The highest BCUT2D eigenvalue weighted by Crippen LogP contribution is 2.31. The Hall–Kier alpha value is -2.89. The van der Waals surface area contributed by atoms with Gasteiger partial charge in [0.15, 0.2) is 0 Å². The fourth-order valence-corrected chi connectivity index (χ4v) is 3.01. The lowest BCUT2D eigenvalue weighted by molar-refractivity contribution is 0.316. The molecule has 3 aromatic rings. The summed E-state index contributed by atoms with van der Waals surface area (Å²) in [6.07, 6.45) is 1.80. The number of aromatic nitrogens is 1. The minimum Gasteiger partial charge on any atom is -0.496 e. The van der Waals surface area contributed by atoms with Crippen LogP contribution in [-0.2, 0) is 6.54 Å². The number of benzene rings is 2. The van der Waals surface area contributed by atoms with Crippen molar-refractivity contribution in [2.24, 2.45) is 5.73 Å². The number of rotatable bonds is 9. The second kappa shape index (κ2) is 9.88. The number of nitrogens with two attached hydrogens (primary N) is 1. The number of methoxy groups -OCH3 is 1. The molecule has 0 aliphatic carbocycles. The number of hydrogen-bond donors (Lipinski definition) is 2. The third-order valence-corrected chi connectivity index (χ3v) is 4.59. The van der Waals surface area contributed by atoms with E-state index in [0.717, 1.165) is 23.4 Å². The van der Waals surface area contributed by atoms with Crippen LogP contribution in [0.2, 0.25) is 0 Å². The van der Waals surface area contributed by atoms with Gasteiger partial charge in [0.05, 0.1) is 7.11 Å². The van der Waals surface area contributed by atoms with Crippen molar-refractivity contribution >= 4 is 0 Å². The molecule has 28 heavy (non-hydrogen) atoms. The van der Waals surface area contributed by atoms with Gasteiger partial charge in [-0.15, -0.1) is 0 Å². The van der Waals surface area contributed by atoms with Gasteiger partial charge >= 0.3 is 0 Å². The first kappa shape index (κ1) is 19.9. The van der Waals surface area contributed by atoms with Crippen molar-refractivity contribution in [3.63, 3.8) is 0 Å². The summed E-state index contributed by atoms with van der Waals surface area (Å²) in [6, 6.07) is 20.8. The number of ether oxygens (including phenoxy) is 2. The van der Waals surface area contributed by atoms with Gasteiger partial charge in [-0.2, -0.15) is 0 Å². The molecule has 1 atom stereocenters. The average molecular weight is 377 g/mol. The van der Waals surface area contributed by atoms with E-state index < -0.39 is 0 Å². The minimum atomic E-state index is 0.271. The molecule has 0 spiro atoms. The molecule has 5 nitrogen and oxygen atoms in total. The average Bonchev–Trinajstić information content (AvgIpc) is 2.76. The van der Waals surface area contributed by atoms with Gasteiger partial charge in [-0.1, -0.05) is 36.4 Å². The standard InChI is InChI=1S/C23H27N3O2/c1-17(19-6-4-3-5-7-19)25-15-18-8-10-22(27-2)21(14-18)20-9-11-23(26-16-20)28-13-12-24/h3-11,14,16-17,25H,12-13,15,24H2,1-2H3. The molecule has 3 rings (SSSR count). The van der Waals surface area contributed by atoms with Crippen LogP contribution in [0.5, 0.6) is 11.6 Å². The summed E-state index contributed by atoms with van der Waals surface area (Å²) in [5, 5.41) is 3.58. The molecular weight excluding hydrogens is 350 g/mol. The molecule has 2 aromatic carbocycles. The molecule has 3 N–H and O–H groups in total. The second-order valence-electron chi connectivity index (χ2n) is 6.57. The highest BCUT2D eigenvalue weighted by Gasteiger charge is 2.10. The number of pyridine rings is 1. The van der Waals surface area contributed by atoms with Crippen LogP contribution >= 0.6 is 0 Å². The summed E-state index contributed by atoms with van der Waals surface area (Å²) in [7, 11) is 1.68. The summed E-state index contributed by atoms with van der Waals surface area (Å²) in [4.78, 5) is 4.36. The third-order valence-electron chi connectivity index (χ3n) is 4.59. The van der Waals surface area contributed by atoms with Crippen LogP contribution in [0.1, 0.15) is 24.1 Å². The highest BCUT2D eigenvalue weighted by molar-refractivity contribution is 5.70. The Morgan fingerprint density at radius 3 is 2.57 bits per heavy atom. The van der Waals surface area contributed by atoms with Crippen molar-refractivity contribution in [2.45, 2.75) is 19.5 Å². The molecule has 0 saturated heterocycles. The molecule has 0 saturated carbocycles. The molecule has 0 fully saturated rings. The van der Waals surface area contributed by atoms with Gasteiger partial charge in [0.2, 0.25) is 5.88 Å². The maximum Gasteiger partial charge on any atom is 0.213 e. The van der Waals surface area contributed by atoms with Gasteiger partial charge in [-0.3, -0.25) is 0 Å². The first-order valence-corrected chi connectivity index (χ1v) is 9.46. The molecule has 5 heteroatoms. The minimum absolute atomic E-state index is 0.271. The van der Waals surface area contributed by atoms with Crippen LogP contribution in [-0.4, -0.2) is 25.2 Å². The van der Waals surface area contributed by atoms with Crippen LogP contribution in [0, 0.1) is 0 Å². The molecule has 1 aromatic heterocycles. The fraction of sp³-hybridized carbons (Fsp3) is 0.261. The Kier molecular flexibility index (Phi) is 7.00. The quantitative estimate of drug-likeness (QED) is 0.591. The van der Waals surface area contributed by atoms with Gasteiger partial charge < -0.3 is 20.5 Å². The second-order valence-corrected chi connectivity index (χ2v) is 6.57. The van der Waals surface area contributed by atoms with Crippen molar-refractivity contribution < 1.29 is 9.47 Å². The summed E-state index contributed by atoms with van der Waals surface area (Å²) in [6.45, 7) is 3.85. The lowest BCUT2D eigenvalue weighted by Gasteiger charge is -2.16. The molecule has 0 amide bonds. The Balaban J connectivity index is 1.74. The molecule has 1 unspecified atom stereocenters. The van der Waals surface area contributed by atoms with Crippen LogP contribution in [0.15, 0.2) is 66.9 Å². The van der Waals surface area contributed by atoms with E-state index in [0.29, 0.717) is 19.0 Å².